The first-order valence-corrected chi connectivity index (χ1v) is 9.95. The number of ether oxygens (including phenoxy) is 3. The summed E-state index contributed by atoms with van der Waals surface area (Å²) in [6, 6.07) is 17.1. The van der Waals surface area contributed by atoms with Crippen LogP contribution >= 0.6 is 0 Å². The Kier molecular flexibility index (Phi) is 6.91. The molecule has 8 heteroatoms. The standard InChI is InChI=1S/C23H28N4O4/c1-23(2,3)31-22(28)27(15-17-9-7-6-8-10-17)21-20(24-25-26(21)4)18-11-13-19(14-12-18)30-16-29-5/h6-14H,15-16H2,1-5H3. The molecule has 8 nitrogen and oxygen atoms in total. The summed E-state index contributed by atoms with van der Waals surface area (Å²) in [6.07, 6.45) is -0.469. The molecule has 2 aromatic carbocycles. The van der Waals surface area contributed by atoms with E-state index in [2.05, 4.69) is 10.3 Å². The van der Waals surface area contributed by atoms with E-state index < -0.39 is 11.7 Å². The Hall–Kier alpha value is -3.39. The third-order valence-corrected chi connectivity index (χ3v) is 4.32. The summed E-state index contributed by atoms with van der Waals surface area (Å²) in [6.45, 7) is 6.00. The van der Waals surface area contributed by atoms with E-state index >= 15 is 0 Å². The van der Waals surface area contributed by atoms with Crippen LogP contribution in [0.3, 0.4) is 0 Å². The number of benzene rings is 2. The van der Waals surface area contributed by atoms with Gasteiger partial charge in [-0.05, 0) is 50.6 Å². The first-order chi connectivity index (χ1) is 14.8. The third kappa shape index (κ3) is 5.82. The topological polar surface area (TPSA) is 78.7 Å². The number of carbonyl (C=O) groups is 1. The summed E-state index contributed by atoms with van der Waals surface area (Å²) < 4.78 is 17.7. The van der Waals surface area contributed by atoms with Crippen LogP contribution in [-0.2, 0) is 23.1 Å². The molecule has 3 rings (SSSR count). The smallest absolute Gasteiger partial charge is 0.416 e. The molecule has 1 heterocycles. The van der Waals surface area contributed by atoms with Crippen molar-refractivity contribution in [1.82, 2.24) is 15.0 Å². The highest BCUT2D eigenvalue weighted by Crippen LogP contribution is 2.31. The molecule has 0 N–H and O–H groups in total. The van der Waals surface area contributed by atoms with Gasteiger partial charge in [-0.15, -0.1) is 5.10 Å². The fourth-order valence-electron chi connectivity index (χ4n) is 2.99. The Labute approximate surface area is 182 Å². The lowest BCUT2D eigenvalue weighted by Crippen LogP contribution is -2.37. The summed E-state index contributed by atoms with van der Waals surface area (Å²) in [5.74, 6) is 1.22. The normalized spacial score (nSPS) is 11.3. The predicted octanol–water partition coefficient (Wildman–Crippen LogP) is 4.41. The van der Waals surface area contributed by atoms with E-state index in [-0.39, 0.29) is 6.79 Å². The molecule has 3 aromatic rings. The van der Waals surface area contributed by atoms with Crippen LogP contribution in [0.1, 0.15) is 26.3 Å². The molecule has 0 saturated heterocycles. The van der Waals surface area contributed by atoms with E-state index in [1.807, 2.05) is 75.4 Å². The lowest BCUT2D eigenvalue weighted by molar-refractivity contribution is 0.0511. The maximum Gasteiger partial charge on any atom is 0.416 e. The van der Waals surface area contributed by atoms with Gasteiger partial charge in [0.1, 0.15) is 17.0 Å². The SMILES string of the molecule is COCOc1ccc(-c2nnn(C)c2N(Cc2ccccc2)C(=O)OC(C)(C)C)cc1. The van der Waals surface area contributed by atoms with E-state index in [0.29, 0.717) is 23.8 Å². The van der Waals surface area contributed by atoms with E-state index in [9.17, 15) is 4.79 Å². The fourth-order valence-corrected chi connectivity index (χ4v) is 2.99. The average Bonchev–Trinajstić information content (AvgIpc) is 3.11. The minimum absolute atomic E-state index is 0.166. The molecule has 0 saturated carbocycles. The zero-order chi connectivity index (χ0) is 22.4. The lowest BCUT2D eigenvalue weighted by atomic mass is 10.1. The largest absolute Gasteiger partial charge is 0.468 e. The van der Waals surface area contributed by atoms with Gasteiger partial charge in [0, 0.05) is 19.7 Å². The number of hydrogen-bond donors (Lipinski definition) is 0. The second-order valence-corrected chi connectivity index (χ2v) is 8.01. The van der Waals surface area contributed by atoms with Gasteiger partial charge < -0.3 is 14.2 Å². The highest BCUT2D eigenvalue weighted by molar-refractivity contribution is 5.91. The molecule has 164 valence electrons. The molecule has 0 unspecified atom stereocenters. The molecule has 0 atom stereocenters. The molecule has 0 radical (unpaired) electrons. The van der Waals surface area contributed by atoms with Crippen LogP contribution in [0.25, 0.3) is 11.3 Å². The van der Waals surface area contributed by atoms with Crippen molar-refractivity contribution < 1.29 is 19.0 Å². The van der Waals surface area contributed by atoms with Crippen LogP contribution < -0.4 is 9.64 Å². The van der Waals surface area contributed by atoms with Crippen LogP contribution in [-0.4, -0.2) is 40.6 Å². The molecule has 0 fully saturated rings. The molecular weight excluding hydrogens is 396 g/mol. The van der Waals surface area contributed by atoms with Crippen LogP contribution in [0.5, 0.6) is 5.75 Å². The molecule has 0 aliphatic heterocycles. The Morgan fingerprint density at radius 2 is 1.74 bits per heavy atom. The fraction of sp³-hybridized carbons (Fsp3) is 0.348. The number of amides is 1. The second-order valence-electron chi connectivity index (χ2n) is 8.01. The van der Waals surface area contributed by atoms with Crippen LogP contribution in [0.2, 0.25) is 0 Å². The van der Waals surface area contributed by atoms with Crippen molar-refractivity contribution in [2.45, 2.75) is 32.9 Å². The van der Waals surface area contributed by atoms with Crippen molar-refractivity contribution in [3.8, 4) is 17.0 Å². The summed E-state index contributed by atoms with van der Waals surface area (Å²) in [7, 11) is 3.32. The molecule has 1 amide bonds. The number of nitrogens with zero attached hydrogens (tertiary/aromatic N) is 4. The zero-order valence-electron chi connectivity index (χ0n) is 18.5. The van der Waals surface area contributed by atoms with E-state index in [1.54, 1.807) is 23.7 Å². The molecule has 0 bridgehead atoms. The average molecular weight is 425 g/mol. The van der Waals surface area contributed by atoms with Gasteiger partial charge >= 0.3 is 6.09 Å². The van der Waals surface area contributed by atoms with Crippen molar-refractivity contribution in [2.24, 2.45) is 7.05 Å². The highest BCUT2D eigenvalue weighted by Gasteiger charge is 2.29. The Morgan fingerprint density at radius 3 is 2.35 bits per heavy atom. The van der Waals surface area contributed by atoms with Gasteiger partial charge in [0.05, 0.1) is 6.54 Å². The van der Waals surface area contributed by atoms with Crippen molar-refractivity contribution in [2.75, 3.05) is 18.8 Å². The minimum atomic E-state index is -0.640. The Bertz CT molecular complexity index is 995. The predicted molar refractivity (Wildman–Crippen MR) is 118 cm³/mol. The molecule has 0 aliphatic rings. The monoisotopic (exact) mass is 424 g/mol. The van der Waals surface area contributed by atoms with Crippen molar-refractivity contribution >= 4 is 11.9 Å². The number of aryl methyl sites for hydroxylation is 1. The first kappa shape index (κ1) is 22.3. The number of aromatic nitrogens is 3. The first-order valence-electron chi connectivity index (χ1n) is 9.95. The van der Waals surface area contributed by atoms with Crippen LogP contribution in [0.4, 0.5) is 10.6 Å². The molecular formula is C23H28N4O4. The van der Waals surface area contributed by atoms with Gasteiger partial charge in [0.25, 0.3) is 0 Å². The van der Waals surface area contributed by atoms with E-state index in [1.165, 1.54) is 0 Å². The Morgan fingerprint density at radius 1 is 1.06 bits per heavy atom. The summed E-state index contributed by atoms with van der Waals surface area (Å²) in [5.41, 5.74) is 1.69. The molecule has 1 aromatic heterocycles. The molecule has 31 heavy (non-hydrogen) atoms. The van der Waals surface area contributed by atoms with Gasteiger partial charge in [-0.2, -0.15) is 0 Å². The number of carbonyl (C=O) groups excluding carboxylic acids is 1. The second kappa shape index (κ2) is 9.61. The maximum absolute atomic E-state index is 13.2. The number of methoxy groups -OCH3 is 1. The van der Waals surface area contributed by atoms with Crippen molar-refractivity contribution in [3.63, 3.8) is 0 Å². The van der Waals surface area contributed by atoms with Gasteiger partial charge in [-0.3, -0.25) is 4.90 Å². The van der Waals surface area contributed by atoms with Crippen LogP contribution in [0, 0.1) is 0 Å². The zero-order valence-corrected chi connectivity index (χ0v) is 18.5. The third-order valence-electron chi connectivity index (χ3n) is 4.32. The summed E-state index contributed by atoms with van der Waals surface area (Å²) >= 11 is 0. The quantitative estimate of drug-likeness (QED) is 0.523. The van der Waals surface area contributed by atoms with Crippen molar-refractivity contribution in [1.29, 1.82) is 0 Å². The number of hydrogen-bond acceptors (Lipinski definition) is 6. The lowest BCUT2D eigenvalue weighted by Gasteiger charge is -2.27. The summed E-state index contributed by atoms with van der Waals surface area (Å²) in [5, 5.41) is 8.49. The van der Waals surface area contributed by atoms with Crippen LogP contribution in [0.15, 0.2) is 54.6 Å². The van der Waals surface area contributed by atoms with Gasteiger partial charge in [-0.1, -0.05) is 35.5 Å². The van der Waals surface area contributed by atoms with E-state index in [4.69, 9.17) is 14.2 Å². The van der Waals surface area contributed by atoms with E-state index in [0.717, 1.165) is 11.1 Å². The van der Waals surface area contributed by atoms with Gasteiger partial charge in [-0.25, -0.2) is 9.48 Å². The number of anilines is 1. The maximum atomic E-state index is 13.2. The highest BCUT2D eigenvalue weighted by atomic mass is 16.7. The van der Waals surface area contributed by atoms with Crippen molar-refractivity contribution in [3.05, 3.63) is 60.2 Å². The molecule has 0 spiro atoms. The number of rotatable bonds is 7. The summed E-state index contributed by atoms with van der Waals surface area (Å²) in [4.78, 5) is 14.7. The molecule has 0 aliphatic carbocycles. The Balaban J connectivity index is 1.99. The van der Waals surface area contributed by atoms with Gasteiger partial charge in [0.15, 0.2) is 12.6 Å². The van der Waals surface area contributed by atoms with Gasteiger partial charge in [0.2, 0.25) is 0 Å². The minimum Gasteiger partial charge on any atom is -0.468 e.